The third-order valence-corrected chi connectivity index (χ3v) is 10.9. The van der Waals surface area contributed by atoms with Gasteiger partial charge in [-0.15, -0.1) is 0 Å². The van der Waals surface area contributed by atoms with Gasteiger partial charge >= 0.3 is 5.97 Å². The Hall–Kier alpha value is -2.44. The van der Waals surface area contributed by atoms with Crippen LogP contribution in [-0.2, 0) is 14.3 Å². The van der Waals surface area contributed by atoms with Crippen LogP contribution in [-0.4, -0.2) is 46.9 Å². The highest BCUT2D eigenvalue weighted by Crippen LogP contribution is 2.17. The smallest absolute Gasteiger partial charge is 0.306 e. The van der Waals surface area contributed by atoms with Crippen LogP contribution in [0.3, 0.4) is 0 Å². The lowest BCUT2D eigenvalue weighted by molar-refractivity contribution is -0.151. The Morgan fingerprint density at radius 1 is 0.517 bits per heavy atom. The second-order valence-corrected chi connectivity index (χ2v) is 16.5. The van der Waals surface area contributed by atoms with E-state index < -0.39 is 18.2 Å². The summed E-state index contributed by atoms with van der Waals surface area (Å²) in [7, 11) is 0. The monoisotopic (exact) mass is 812 g/mol. The number of esters is 1. The zero-order valence-electron chi connectivity index (χ0n) is 38.2. The molecule has 6 heteroatoms. The number of aliphatic hydroxyl groups excluding tert-OH is 2. The average Bonchev–Trinajstić information content (AvgIpc) is 3.22. The van der Waals surface area contributed by atoms with Crippen LogP contribution >= 0.6 is 0 Å². The van der Waals surface area contributed by atoms with Gasteiger partial charge in [0.25, 0.3) is 0 Å². The van der Waals surface area contributed by atoms with Crippen molar-refractivity contribution in [2.75, 3.05) is 6.61 Å². The predicted octanol–water partition coefficient (Wildman–Crippen LogP) is 14.5. The number of carbonyl (C=O) groups is 2. The molecule has 0 rings (SSSR count). The summed E-state index contributed by atoms with van der Waals surface area (Å²) in [5.41, 5.74) is 0. The Balaban J connectivity index is 4.66. The number of ether oxygens (including phenoxy) is 1. The summed E-state index contributed by atoms with van der Waals surface area (Å²) in [5.74, 6) is -0.541. The van der Waals surface area contributed by atoms with Gasteiger partial charge in [0.2, 0.25) is 5.91 Å². The maximum Gasteiger partial charge on any atom is 0.306 e. The zero-order valence-corrected chi connectivity index (χ0v) is 38.2. The minimum atomic E-state index is -0.795. The number of aliphatic hydroxyl groups is 2. The molecule has 0 aromatic heterocycles. The first-order chi connectivity index (χ1) is 28.5. The van der Waals surface area contributed by atoms with Gasteiger partial charge in [0.05, 0.1) is 25.2 Å². The van der Waals surface area contributed by atoms with Crippen molar-refractivity contribution in [3.63, 3.8) is 0 Å². The van der Waals surface area contributed by atoms with E-state index in [0.29, 0.717) is 25.7 Å². The van der Waals surface area contributed by atoms with Crippen molar-refractivity contribution in [1.82, 2.24) is 5.32 Å². The quantitative estimate of drug-likeness (QED) is 0.0324. The molecular formula is C52H93NO5. The number of allylic oxidation sites excluding steroid dienone is 10. The first kappa shape index (κ1) is 55.6. The van der Waals surface area contributed by atoms with E-state index >= 15 is 0 Å². The van der Waals surface area contributed by atoms with E-state index in [2.05, 4.69) is 86.8 Å². The first-order valence-electron chi connectivity index (χ1n) is 24.5. The minimum absolute atomic E-state index is 0.0556. The number of rotatable bonds is 43. The fraction of sp³-hybridized carbons (Fsp3) is 0.769. The van der Waals surface area contributed by atoms with E-state index in [0.717, 1.165) is 77.0 Å². The molecule has 0 aromatic rings. The Labute approximate surface area is 358 Å². The molecule has 0 aromatic carbocycles. The topological polar surface area (TPSA) is 95.9 Å². The van der Waals surface area contributed by atoms with Crippen LogP contribution in [0.4, 0.5) is 0 Å². The number of unbranched alkanes of at least 4 members (excludes halogenated alkanes) is 21. The zero-order chi connectivity index (χ0) is 42.4. The summed E-state index contributed by atoms with van der Waals surface area (Å²) in [6.45, 7) is 6.34. The fourth-order valence-corrected chi connectivity index (χ4v) is 7.17. The molecule has 336 valence electrons. The van der Waals surface area contributed by atoms with Crippen molar-refractivity contribution in [2.24, 2.45) is 0 Å². The minimum Gasteiger partial charge on any atom is -0.462 e. The molecule has 3 atom stereocenters. The first-order valence-corrected chi connectivity index (χ1v) is 24.5. The standard InChI is InChI=1S/C52H93NO5/c1-4-7-10-13-16-19-22-24-25-26-27-28-30-33-36-39-42-45-52(57)58-48(43-40-37-34-31-29-23-20-17-14-11-8-5-2)46-51(56)53-49(47-54)50(55)44-41-38-35-32-21-18-15-12-9-6-3/h7,10,16,19,24-25,27-28,33,36,48-50,54-55H,4-6,8-9,11-15,17-18,20-23,26,29-32,34-35,37-47H2,1-3H3,(H,53,56)/b10-7-,19-16-,25-24-,28-27-,36-33-. The van der Waals surface area contributed by atoms with Gasteiger partial charge in [0.15, 0.2) is 0 Å². The molecule has 58 heavy (non-hydrogen) atoms. The van der Waals surface area contributed by atoms with Crippen LogP contribution in [0.2, 0.25) is 0 Å². The second-order valence-electron chi connectivity index (χ2n) is 16.5. The Morgan fingerprint density at radius 3 is 1.34 bits per heavy atom. The normalized spacial score (nSPS) is 13.8. The molecule has 0 saturated heterocycles. The molecule has 0 bridgehead atoms. The molecule has 3 unspecified atom stereocenters. The van der Waals surface area contributed by atoms with Gasteiger partial charge in [-0.05, 0) is 64.2 Å². The van der Waals surface area contributed by atoms with Gasteiger partial charge in [0.1, 0.15) is 6.10 Å². The van der Waals surface area contributed by atoms with E-state index in [-0.39, 0.29) is 24.9 Å². The maximum absolute atomic E-state index is 13.1. The third kappa shape index (κ3) is 40.3. The number of nitrogens with one attached hydrogen (secondary N) is 1. The number of hydrogen-bond acceptors (Lipinski definition) is 5. The molecule has 0 fully saturated rings. The van der Waals surface area contributed by atoms with Gasteiger partial charge in [0, 0.05) is 6.42 Å². The summed E-state index contributed by atoms with van der Waals surface area (Å²) >= 11 is 0. The van der Waals surface area contributed by atoms with E-state index in [1.165, 1.54) is 103 Å². The number of carbonyl (C=O) groups excluding carboxylic acids is 2. The average molecular weight is 812 g/mol. The van der Waals surface area contributed by atoms with Crippen LogP contribution in [0.1, 0.15) is 233 Å². The van der Waals surface area contributed by atoms with Crippen LogP contribution in [0.15, 0.2) is 60.8 Å². The van der Waals surface area contributed by atoms with Crippen molar-refractivity contribution in [1.29, 1.82) is 0 Å². The van der Waals surface area contributed by atoms with Crippen LogP contribution in [0.5, 0.6) is 0 Å². The number of hydrogen-bond donors (Lipinski definition) is 3. The van der Waals surface area contributed by atoms with E-state index in [9.17, 15) is 19.8 Å². The van der Waals surface area contributed by atoms with Crippen LogP contribution in [0.25, 0.3) is 0 Å². The summed E-state index contributed by atoms with van der Waals surface area (Å²) in [6, 6.07) is -0.711. The van der Waals surface area contributed by atoms with Gasteiger partial charge in [-0.2, -0.15) is 0 Å². The SMILES string of the molecule is CC/C=C\C/C=C\C/C=C\C/C=C\C/C=C\CCCC(=O)OC(CCCCCCCCCCCCCC)CC(=O)NC(CO)C(O)CCCCCCCCCCCC. The van der Waals surface area contributed by atoms with Gasteiger partial charge in [-0.1, -0.05) is 216 Å². The fourth-order valence-electron chi connectivity index (χ4n) is 7.17. The summed E-state index contributed by atoms with van der Waals surface area (Å²) in [6.07, 6.45) is 55.7. The molecular weight excluding hydrogens is 719 g/mol. The van der Waals surface area contributed by atoms with Crippen molar-refractivity contribution in [3.05, 3.63) is 60.8 Å². The lowest BCUT2D eigenvalue weighted by Crippen LogP contribution is -2.46. The third-order valence-electron chi connectivity index (χ3n) is 10.9. The predicted molar refractivity (Wildman–Crippen MR) is 250 cm³/mol. The summed E-state index contributed by atoms with van der Waals surface area (Å²) in [4.78, 5) is 26.0. The van der Waals surface area contributed by atoms with E-state index in [4.69, 9.17) is 4.74 Å². The highest BCUT2D eigenvalue weighted by molar-refractivity contribution is 5.77. The molecule has 1 amide bonds. The van der Waals surface area contributed by atoms with Crippen LogP contribution < -0.4 is 5.32 Å². The van der Waals surface area contributed by atoms with Crippen molar-refractivity contribution >= 4 is 11.9 Å². The molecule has 3 N–H and O–H groups in total. The highest BCUT2D eigenvalue weighted by Gasteiger charge is 2.24. The Morgan fingerprint density at radius 2 is 0.914 bits per heavy atom. The largest absolute Gasteiger partial charge is 0.462 e. The molecule has 0 aliphatic heterocycles. The Bertz CT molecular complexity index is 1050. The molecule has 0 radical (unpaired) electrons. The molecule has 0 heterocycles. The molecule has 0 aliphatic rings. The highest BCUT2D eigenvalue weighted by atomic mass is 16.5. The van der Waals surface area contributed by atoms with Crippen LogP contribution in [0, 0.1) is 0 Å². The molecule has 6 nitrogen and oxygen atoms in total. The van der Waals surface area contributed by atoms with Crippen molar-refractivity contribution < 1.29 is 24.5 Å². The maximum atomic E-state index is 13.1. The molecule has 0 saturated carbocycles. The van der Waals surface area contributed by atoms with E-state index in [1.54, 1.807) is 0 Å². The molecule has 0 spiro atoms. The van der Waals surface area contributed by atoms with Gasteiger partial charge < -0.3 is 20.3 Å². The van der Waals surface area contributed by atoms with E-state index in [1.807, 2.05) is 0 Å². The summed E-state index contributed by atoms with van der Waals surface area (Å²) in [5, 5.41) is 23.6. The second kappa shape index (κ2) is 45.6. The lowest BCUT2D eigenvalue weighted by Gasteiger charge is -2.24. The summed E-state index contributed by atoms with van der Waals surface area (Å²) < 4.78 is 5.89. The van der Waals surface area contributed by atoms with Crippen molar-refractivity contribution in [3.8, 4) is 0 Å². The Kier molecular flexibility index (Phi) is 43.7. The lowest BCUT2D eigenvalue weighted by atomic mass is 10.0. The van der Waals surface area contributed by atoms with Gasteiger partial charge in [-0.25, -0.2) is 0 Å². The molecule has 0 aliphatic carbocycles. The van der Waals surface area contributed by atoms with Gasteiger partial charge in [-0.3, -0.25) is 9.59 Å². The van der Waals surface area contributed by atoms with Crippen molar-refractivity contribution in [2.45, 2.75) is 251 Å². The number of amides is 1.